The Hall–Kier alpha value is -2.81. The van der Waals surface area contributed by atoms with Crippen LogP contribution in [0.2, 0.25) is 0 Å². The summed E-state index contributed by atoms with van der Waals surface area (Å²) in [7, 11) is 0. The van der Waals surface area contributed by atoms with Crippen LogP contribution in [0.25, 0.3) is 0 Å². The smallest absolute Gasteiger partial charge is 0.337 e. The van der Waals surface area contributed by atoms with E-state index >= 15 is 0 Å². The van der Waals surface area contributed by atoms with Gasteiger partial charge in [0.1, 0.15) is 6.61 Å². The second kappa shape index (κ2) is 6.25. The average Bonchev–Trinajstić information content (AvgIpc) is 2.85. The summed E-state index contributed by atoms with van der Waals surface area (Å²) in [6.45, 7) is 1.32. The third-order valence-electron chi connectivity index (χ3n) is 4.58. The van der Waals surface area contributed by atoms with Crippen LogP contribution in [0.1, 0.15) is 18.9 Å². The number of ketones is 1. The largest absolute Gasteiger partial charge is 0.459 e. The van der Waals surface area contributed by atoms with Crippen LogP contribution in [0.3, 0.4) is 0 Å². The van der Waals surface area contributed by atoms with Crippen LogP contribution < -0.4 is 0 Å². The summed E-state index contributed by atoms with van der Waals surface area (Å²) < 4.78 is 5.09. The van der Waals surface area contributed by atoms with Gasteiger partial charge in [0, 0.05) is 18.6 Å². The van der Waals surface area contributed by atoms with Crippen molar-refractivity contribution >= 4 is 23.3 Å². The van der Waals surface area contributed by atoms with Crippen molar-refractivity contribution in [1.29, 1.82) is 0 Å². The maximum Gasteiger partial charge on any atom is 0.337 e. The molecule has 9 nitrogen and oxygen atoms in total. The Morgan fingerprint density at radius 2 is 2.04 bits per heavy atom. The standard InChI is InChI=1S/C16H16N2O7/c1-8(19)13-11-6-12(20)14(17(11)15(13)21)16(22)25-7-9-2-4-10(5-3-9)18(23)24/h2-5,8,11,13-14,19H,6-7H2,1H3/t8?,11-,13-,14?/m1/s1. The fourth-order valence-corrected chi connectivity index (χ4v) is 3.33. The highest BCUT2D eigenvalue weighted by atomic mass is 16.6. The highest BCUT2D eigenvalue weighted by molar-refractivity contribution is 6.11. The van der Waals surface area contributed by atoms with Crippen molar-refractivity contribution in [1.82, 2.24) is 4.90 Å². The van der Waals surface area contributed by atoms with Crippen molar-refractivity contribution in [3.63, 3.8) is 0 Å². The first-order valence-electron chi connectivity index (χ1n) is 7.74. The Balaban J connectivity index is 1.63. The van der Waals surface area contributed by atoms with Gasteiger partial charge < -0.3 is 14.7 Å². The number of benzene rings is 1. The summed E-state index contributed by atoms with van der Waals surface area (Å²) in [4.78, 5) is 47.6. The number of hydrogen-bond acceptors (Lipinski definition) is 7. The Kier molecular flexibility index (Phi) is 4.25. The highest BCUT2D eigenvalue weighted by Gasteiger charge is 2.61. The van der Waals surface area contributed by atoms with Gasteiger partial charge in [-0.1, -0.05) is 0 Å². The quantitative estimate of drug-likeness (QED) is 0.264. The minimum absolute atomic E-state index is 0.0264. The molecule has 1 aromatic carbocycles. The number of hydrogen-bond donors (Lipinski definition) is 1. The summed E-state index contributed by atoms with van der Waals surface area (Å²) in [5, 5.41) is 20.2. The molecular formula is C16H16N2O7. The third-order valence-corrected chi connectivity index (χ3v) is 4.58. The van der Waals surface area contributed by atoms with E-state index in [0.29, 0.717) is 5.56 Å². The number of nitro groups is 1. The van der Waals surface area contributed by atoms with Crippen LogP contribution in [-0.2, 0) is 25.7 Å². The second-order valence-electron chi connectivity index (χ2n) is 6.18. The SMILES string of the molecule is CC(O)[C@H]1C(=O)N2C(C(=O)OCc3ccc([N+](=O)[O-])cc3)C(=O)C[C@H]12. The number of fused-ring (bicyclic) bond motifs is 1. The molecule has 1 amide bonds. The van der Waals surface area contributed by atoms with Gasteiger partial charge >= 0.3 is 5.97 Å². The summed E-state index contributed by atoms with van der Waals surface area (Å²) in [5.41, 5.74) is 0.442. The molecule has 0 spiro atoms. The summed E-state index contributed by atoms with van der Waals surface area (Å²) in [6, 6.07) is 3.73. The minimum atomic E-state index is -1.27. The summed E-state index contributed by atoms with van der Waals surface area (Å²) in [6.07, 6.45) is -0.852. The number of esters is 1. The van der Waals surface area contributed by atoms with E-state index in [4.69, 9.17) is 4.74 Å². The monoisotopic (exact) mass is 348 g/mol. The zero-order valence-electron chi connectivity index (χ0n) is 13.3. The second-order valence-corrected chi connectivity index (χ2v) is 6.18. The molecule has 132 valence electrons. The fourth-order valence-electron chi connectivity index (χ4n) is 3.33. The average molecular weight is 348 g/mol. The Labute approximate surface area is 142 Å². The molecule has 0 radical (unpaired) electrons. The topological polar surface area (TPSA) is 127 Å². The lowest BCUT2D eigenvalue weighted by atomic mass is 9.84. The van der Waals surface area contributed by atoms with Gasteiger partial charge in [0.2, 0.25) is 5.91 Å². The van der Waals surface area contributed by atoms with Crippen molar-refractivity contribution in [2.24, 2.45) is 5.92 Å². The number of carbonyl (C=O) groups is 3. The molecule has 0 bridgehead atoms. The van der Waals surface area contributed by atoms with E-state index in [-0.39, 0.29) is 18.7 Å². The van der Waals surface area contributed by atoms with Gasteiger partial charge in [0.25, 0.3) is 5.69 Å². The van der Waals surface area contributed by atoms with Crippen LogP contribution in [0.4, 0.5) is 5.69 Å². The number of ether oxygens (including phenoxy) is 1. The molecule has 1 aromatic rings. The van der Waals surface area contributed by atoms with Crippen molar-refractivity contribution < 1.29 is 29.2 Å². The Morgan fingerprint density at radius 3 is 2.60 bits per heavy atom. The van der Waals surface area contributed by atoms with Crippen LogP contribution in [-0.4, -0.2) is 50.8 Å². The minimum Gasteiger partial charge on any atom is -0.459 e. The molecule has 9 heteroatoms. The zero-order valence-corrected chi connectivity index (χ0v) is 13.3. The molecule has 3 rings (SSSR count). The number of nitrogens with zero attached hydrogens (tertiary/aromatic N) is 2. The lowest BCUT2D eigenvalue weighted by Gasteiger charge is -2.45. The van der Waals surface area contributed by atoms with Gasteiger partial charge in [-0.05, 0) is 24.6 Å². The van der Waals surface area contributed by atoms with Crippen molar-refractivity contribution in [3.05, 3.63) is 39.9 Å². The molecular weight excluding hydrogens is 332 g/mol. The van der Waals surface area contributed by atoms with E-state index in [1.54, 1.807) is 0 Å². The van der Waals surface area contributed by atoms with E-state index in [9.17, 15) is 29.6 Å². The molecule has 2 unspecified atom stereocenters. The molecule has 0 aliphatic carbocycles. The van der Waals surface area contributed by atoms with Crippen molar-refractivity contribution in [2.75, 3.05) is 0 Å². The number of β-lactam (4-membered cyclic amide) rings is 1. The summed E-state index contributed by atoms with van der Waals surface area (Å²) >= 11 is 0. The van der Waals surface area contributed by atoms with E-state index in [0.717, 1.165) is 0 Å². The first-order chi connectivity index (χ1) is 11.8. The molecule has 25 heavy (non-hydrogen) atoms. The maximum atomic E-state index is 12.2. The number of amides is 1. The predicted molar refractivity (Wildman–Crippen MR) is 82.1 cm³/mol. The maximum absolute atomic E-state index is 12.2. The van der Waals surface area contributed by atoms with Gasteiger partial charge in [-0.3, -0.25) is 19.7 Å². The number of non-ortho nitro benzene ring substituents is 1. The summed E-state index contributed by atoms with van der Waals surface area (Å²) in [5.74, 6) is -2.32. The normalized spacial score (nSPS) is 26.0. The van der Waals surface area contributed by atoms with E-state index in [1.807, 2.05) is 0 Å². The van der Waals surface area contributed by atoms with Crippen LogP contribution in [0.15, 0.2) is 24.3 Å². The zero-order chi connectivity index (χ0) is 18.3. The Bertz CT molecular complexity index is 743. The molecule has 0 aromatic heterocycles. The van der Waals surface area contributed by atoms with Crippen LogP contribution in [0.5, 0.6) is 0 Å². The van der Waals surface area contributed by atoms with Gasteiger partial charge in [-0.25, -0.2) is 4.79 Å². The lowest BCUT2D eigenvalue weighted by Crippen LogP contribution is -2.64. The molecule has 0 saturated carbocycles. The molecule has 2 saturated heterocycles. The molecule has 4 atom stereocenters. The Morgan fingerprint density at radius 1 is 1.40 bits per heavy atom. The van der Waals surface area contributed by atoms with Gasteiger partial charge in [-0.2, -0.15) is 0 Å². The molecule has 2 heterocycles. The lowest BCUT2D eigenvalue weighted by molar-refractivity contribution is -0.384. The number of aliphatic hydroxyl groups is 1. The fraction of sp³-hybridized carbons (Fsp3) is 0.438. The predicted octanol–water partition coefficient (Wildman–Crippen LogP) is 0.187. The van der Waals surface area contributed by atoms with Crippen LogP contribution in [0, 0.1) is 16.0 Å². The van der Waals surface area contributed by atoms with Gasteiger partial charge in [0.05, 0.1) is 23.0 Å². The van der Waals surface area contributed by atoms with Gasteiger partial charge in [-0.15, -0.1) is 0 Å². The van der Waals surface area contributed by atoms with Crippen molar-refractivity contribution in [3.8, 4) is 0 Å². The first kappa shape index (κ1) is 17.0. The van der Waals surface area contributed by atoms with Crippen molar-refractivity contribution in [2.45, 2.75) is 38.1 Å². The molecule has 2 fully saturated rings. The number of nitro benzene ring substituents is 1. The highest BCUT2D eigenvalue weighted by Crippen LogP contribution is 2.40. The van der Waals surface area contributed by atoms with E-state index < -0.39 is 46.7 Å². The van der Waals surface area contributed by atoms with Gasteiger partial charge in [0.15, 0.2) is 11.8 Å². The number of Topliss-reactive ketones (excluding diaryl/α,β-unsaturated/α-hetero) is 1. The third kappa shape index (κ3) is 2.86. The van der Waals surface area contributed by atoms with E-state index in [2.05, 4.69) is 0 Å². The molecule has 1 N–H and O–H groups in total. The number of carbonyl (C=O) groups excluding carboxylic acids is 3. The van der Waals surface area contributed by atoms with Crippen LogP contribution >= 0.6 is 0 Å². The number of rotatable bonds is 5. The van der Waals surface area contributed by atoms with E-state index in [1.165, 1.54) is 36.1 Å². The molecule has 2 aliphatic rings. The molecule has 2 aliphatic heterocycles. The number of aliphatic hydroxyl groups excluding tert-OH is 1. The first-order valence-corrected chi connectivity index (χ1v) is 7.74.